The lowest BCUT2D eigenvalue weighted by molar-refractivity contribution is 0.0986. The van der Waals surface area contributed by atoms with Crippen molar-refractivity contribution in [1.29, 1.82) is 0 Å². The van der Waals surface area contributed by atoms with Gasteiger partial charge in [-0.3, -0.25) is 9.69 Å². The van der Waals surface area contributed by atoms with Crippen molar-refractivity contribution in [2.45, 2.75) is 13.3 Å². The fourth-order valence-corrected chi connectivity index (χ4v) is 4.18. The highest BCUT2D eigenvalue weighted by atomic mass is 35.5. The van der Waals surface area contributed by atoms with Crippen LogP contribution in [0.15, 0.2) is 36.4 Å². The van der Waals surface area contributed by atoms with Crippen LogP contribution in [0, 0.1) is 6.92 Å². The molecule has 0 N–H and O–H groups in total. The van der Waals surface area contributed by atoms with E-state index in [9.17, 15) is 4.79 Å². The van der Waals surface area contributed by atoms with Crippen LogP contribution in [0.3, 0.4) is 0 Å². The lowest BCUT2D eigenvalue weighted by Gasteiger charge is -2.21. The Bertz CT molecular complexity index is 981. The van der Waals surface area contributed by atoms with Crippen LogP contribution in [0.5, 0.6) is 11.5 Å². The van der Waals surface area contributed by atoms with Gasteiger partial charge in [0, 0.05) is 24.2 Å². The smallest absolute Gasteiger partial charge is 0.260 e. The number of aromatic nitrogens is 1. The second-order valence-electron chi connectivity index (χ2n) is 7.15. The number of ether oxygens (including phenoxy) is 2. The fraction of sp³-hybridized carbons (Fsp3) is 0.333. The largest absolute Gasteiger partial charge is 0.454 e. The van der Waals surface area contributed by atoms with Gasteiger partial charge in [0.15, 0.2) is 16.6 Å². The number of hydrogen-bond acceptors (Lipinski definition) is 6. The van der Waals surface area contributed by atoms with E-state index in [4.69, 9.17) is 14.5 Å². The molecule has 6 nitrogen and oxygen atoms in total. The second kappa shape index (κ2) is 8.98. The normalized spacial score (nSPS) is 12.3. The molecule has 1 aliphatic heterocycles. The van der Waals surface area contributed by atoms with E-state index in [0.29, 0.717) is 23.0 Å². The van der Waals surface area contributed by atoms with Crippen molar-refractivity contribution in [3.63, 3.8) is 0 Å². The van der Waals surface area contributed by atoms with Crippen molar-refractivity contribution >= 4 is 45.0 Å². The number of fused-ring (bicyclic) bond motifs is 2. The van der Waals surface area contributed by atoms with Crippen molar-refractivity contribution in [1.82, 2.24) is 9.88 Å². The Morgan fingerprint density at radius 3 is 2.62 bits per heavy atom. The molecule has 1 aliphatic rings. The third-order valence-corrected chi connectivity index (χ3v) is 5.64. The van der Waals surface area contributed by atoms with Gasteiger partial charge in [-0.1, -0.05) is 29.0 Å². The molecule has 0 unspecified atom stereocenters. The molecule has 1 aromatic heterocycles. The minimum absolute atomic E-state index is 0. The van der Waals surface area contributed by atoms with Gasteiger partial charge in [0.25, 0.3) is 5.91 Å². The molecular weight excluding hydrogens is 410 g/mol. The van der Waals surface area contributed by atoms with Gasteiger partial charge in [0.05, 0.1) is 10.2 Å². The number of rotatable bonds is 6. The van der Waals surface area contributed by atoms with Gasteiger partial charge < -0.3 is 14.4 Å². The number of amides is 1. The molecule has 2 aromatic carbocycles. The second-order valence-corrected chi connectivity index (χ2v) is 8.16. The third kappa shape index (κ3) is 4.63. The van der Waals surface area contributed by atoms with E-state index in [2.05, 4.69) is 4.90 Å². The summed E-state index contributed by atoms with van der Waals surface area (Å²) in [6.45, 7) is 3.74. The molecule has 3 aromatic rings. The van der Waals surface area contributed by atoms with E-state index < -0.39 is 0 Å². The van der Waals surface area contributed by atoms with E-state index in [1.807, 2.05) is 57.4 Å². The number of aryl methyl sites for hydroxylation is 1. The maximum Gasteiger partial charge on any atom is 0.260 e. The van der Waals surface area contributed by atoms with Crippen LogP contribution < -0.4 is 14.4 Å². The maximum atomic E-state index is 13.3. The molecule has 0 spiro atoms. The molecule has 0 radical (unpaired) electrons. The molecule has 154 valence electrons. The zero-order valence-corrected chi connectivity index (χ0v) is 18.3. The Balaban J connectivity index is 0.00000240. The van der Waals surface area contributed by atoms with Gasteiger partial charge in [-0.15, -0.1) is 12.4 Å². The lowest BCUT2D eigenvalue weighted by atomic mass is 10.1. The number of thiazole rings is 1. The number of benzene rings is 2. The summed E-state index contributed by atoms with van der Waals surface area (Å²) in [7, 11) is 4.07. The quantitative estimate of drug-likeness (QED) is 0.578. The molecule has 0 atom stereocenters. The van der Waals surface area contributed by atoms with Gasteiger partial charge in [0.2, 0.25) is 6.79 Å². The Kier molecular flexibility index (Phi) is 6.62. The molecule has 0 saturated heterocycles. The summed E-state index contributed by atoms with van der Waals surface area (Å²) < 4.78 is 11.9. The summed E-state index contributed by atoms with van der Waals surface area (Å²) in [5.41, 5.74) is 2.56. The highest BCUT2D eigenvalue weighted by Gasteiger charge is 2.23. The molecule has 1 amide bonds. The van der Waals surface area contributed by atoms with Crippen molar-refractivity contribution in [2.24, 2.45) is 0 Å². The minimum Gasteiger partial charge on any atom is -0.454 e. The zero-order valence-electron chi connectivity index (χ0n) is 16.7. The summed E-state index contributed by atoms with van der Waals surface area (Å²) in [6, 6.07) is 11.5. The Morgan fingerprint density at radius 2 is 1.90 bits per heavy atom. The number of nitrogens with zero attached hydrogens (tertiary/aromatic N) is 3. The first-order valence-corrected chi connectivity index (χ1v) is 10.1. The number of halogens is 1. The predicted octanol–water partition coefficient (Wildman–Crippen LogP) is 4.35. The standard InChI is InChI=1S/C21H23N3O3S.ClH/c1-14-6-4-7-15(10-14)20(25)24(9-5-8-23(2)3)21-22-16-11-17-18(27-13-26-17)12-19(16)28-21;/h4,6-7,10-12H,5,8-9,13H2,1-3H3;1H. The van der Waals surface area contributed by atoms with Gasteiger partial charge in [-0.2, -0.15) is 0 Å². The van der Waals surface area contributed by atoms with E-state index in [1.54, 1.807) is 4.90 Å². The Morgan fingerprint density at radius 1 is 1.14 bits per heavy atom. The van der Waals surface area contributed by atoms with Crippen molar-refractivity contribution in [3.05, 3.63) is 47.5 Å². The van der Waals surface area contributed by atoms with Gasteiger partial charge in [-0.05, 0) is 46.1 Å². The molecule has 2 heterocycles. The SMILES string of the molecule is Cc1cccc(C(=O)N(CCCN(C)C)c2nc3cc4c(cc3s2)OCO4)c1.Cl. The predicted molar refractivity (Wildman–Crippen MR) is 119 cm³/mol. The first-order valence-electron chi connectivity index (χ1n) is 9.25. The first kappa shape index (κ1) is 21.4. The van der Waals surface area contributed by atoms with Crippen molar-refractivity contribution in [3.8, 4) is 11.5 Å². The molecule has 0 saturated carbocycles. The van der Waals surface area contributed by atoms with Crippen molar-refractivity contribution < 1.29 is 14.3 Å². The average Bonchev–Trinajstić information content (AvgIpc) is 3.28. The monoisotopic (exact) mass is 433 g/mol. The third-order valence-electron chi connectivity index (χ3n) is 4.60. The van der Waals surface area contributed by atoms with Crippen LogP contribution in [0.2, 0.25) is 0 Å². The number of carbonyl (C=O) groups excluding carboxylic acids is 1. The molecule has 0 fully saturated rings. The summed E-state index contributed by atoms with van der Waals surface area (Å²) in [5, 5.41) is 0.698. The van der Waals surface area contributed by atoms with Crippen LogP contribution in [-0.4, -0.2) is 49.8 Å². The number of hydrogen-bond donors (Lipinski definition) is 0. The summed E-state index contributed by atoms with van der Waals surface area (Å²) in [4.78, 5) is 21.9. The van der Waals surface area contributed by atoms with Crippen LogP contribution in [-0.2, 0) is 0 Å². The molecule has 8 heteroatoms. The summed E-state index contributed by atoms with van der Waals surface area (Å²) in [6.07, 6.45) is 0.864. The summed E-state index contributed by atoms with van der Waals surface area (Å²) in [5.74, 6) is 1.40. The van der Waals surface area contributed by atoms with Gasteiger partial charge in [-0.25, -0.2) is 4.98 Å². The molecule has 4 rings (SSSR count). The van der Waals surface area contributed by atoms with Crippen LogP contribution in [0.4, 0.5) is 5.13 Å². The van der Waals surface area contributed by atoms with E-state index in [1.165, 1.54) is 11.3 Å². The van der Waals surface area contributed by atoms with E-state index in [0.717, 1.165) is 34.5 Å². The van der Waals surface area contributed by atoms with Gasteiger partial charge >= 0.3 is 0 Å². The number of anilines is 1. The minimum atomic E-state index is -0.0263. The molecule has 29 heavy (non-hydrogen) atoms. The zero-order chi connectivity index (χ0) is 19.7. The Hall–Kier alpha value is -2.35. The van der Waals surface area contributed by atoms with Crippen LogP contribution in [0.25, 0.3) is 10.2 Å². The highest BCUT2D eigenvalue weighted by molar-refractivity contribution is 7.22. The lowest BCUT2D eigenvalue weighted by Crippen LogP contribution is -2.33. The Labute approximate surface area is 180 Å². The maximum absolute atomic E-state index is 13.3. The summed E-state index contributed by atoms with van der Waals surface area (Å²) >= 11 is 1.50. The van der Waals surface area contributed by atoms with Crippen LogP contribution in [0.1, 0.15) is 22.3 Å². The van der Waals surface area contributed by atoms with Crippen molar-refractivity contribution in [2.75, 3.05) is 38.9 Å². The molecule has 0 aliphatic carbocycles. The van der Waals surface area contributed by atoms with E-state index in [-0.39, 0.29) is 25.1 Å². The molecular formula is C21H24ClN3O3S. The fourth-order valence-electron chi connectivity index (χ4n) is 3.18. The average molecular weight is 434 g/mol. The van der Waals surface area contributed by atoms with E-state index >= 15 is 0 Å². The molecule has 0 bridgehead atoms. The topological polar surface area (TPSA) is 54.9 Å². The van der Waals surface area contributed by atoms with Crippen LogP contribution >= 0.6 is 23.7 Å². The highest BCUT2D eigenvalue weighted by Crippen LogP contribution is 2.40. The van der Waals surface area contributed by atoms with Gasteiger partial charge in [0.1, 0.15) is 0 Å². The number of carbonyl (C=O) groups is 1. The first-order chi connectivity index (χ1) is 13.5.